The molecule has 1 aliphatic rings. The largest absolute Gasteiger partial charge is 0.366 e. The van der Waals surface area contributed by atoms with E-state index in [1.165, 1.54) is 6.07 Å². The first-order valence-electron chi connectivity index (χ1n) is 8.40. The number of hydrogen-bond acceptors (Lipinski definition) is 3. The van der Waals surface area contributed by atoms with Gasteiger partial charge in [0.25, 0.3) is 5.91 Å². The van der Waals surface area contributed by atoms with Crippen LogP contribution in [0.4, 0.5) is 4.39 Å². The van der Waals surface area contributed by atoms with Crippen LogP contribution in [0.2, 0.25) is 10.0 Å². The molecule has 2 aromatic carbocycles. The third-order valence-corrected chi connectivity index (χ3v) is 5.15. The number of primary amides is 1. The highest BCUT2D eigenvalue weighted by Crippen LogP contribution is 2.26. The lowest BCUT2D eigenvalue weighted by Crippen LogP contribution is -2.48. The Kier molecular flexibility index (Phi) is 5.99. The summed E-state index contributed by atoms with van der Waals surface area (Å²) in [7, 11) is 0. The van der Waals surface area contributed by atoms with E-state index in [2.05, 4.69) is 4.90 Å². The Labute approximate surface area is 166 Å². The summed E-state index contributed by atoms with van der Waals surface area (Å²) in [5.41, 5.74) is 6.89. The second kappa shape index (κ2) is 8.25. The molecular formula is C19H18Cl2FN3O2. The van der Waals surface area contributed by atoms with Crippen LogP contribution in [0.15, 0.2) is 36.4 Å². The van der Waals surface area contributed by atoms with Crippen molar-refractivity contribution in [2.24, 2.45) is 5.73 Å². The maximum absolute atomic E-state index is 13.7. The molecule has 8 heteroatoms. The minimum absolute atomic E-state index is 0.108. The van der Waals surface area contributed by atoms with E-state index < -0.39 is 11.7 Å². The van der Waals surface area contributed by atoms with E-state index in [0.717, 1.165) is 11.6 Å². The van der Waals surface area contributed by atoms with Gasteiger partial charge in [0.15, 0.2) is 0 Å². The zero-order valence-corrected chi connectivity index (χ0v) is 15.9. The van der Waals surface area contributed by atoms with Gasteiger partial charge in [0.1, 0.15) is 5.82 Å². The van der Waals surface area contributed by atoms with Crippen LogP contribution in [0.5, 0.6) is 0 Å². The van der Waals surface area contributed by atoms with Crippen molar-refractivity contribution in [3.05, 3.63) is 69.0 Å². The van der Waals surface area contributed by atoms with Gasteiger partial charge >= 0.3 is 0 Å². The fraction of sp³-hybridized carbons (Fsp3) is 0.263. The van der Waals surface area contributed by atoms with Gasteiger partial charge in [-0.2, -0.15) is 0 Å². The van der Waals surface area contributed by atoms with E-state index in [1.807, 2.05) is 12.1 Å². The van der Waals surface area contributed by atoms with Crippen molar-refractivity contribution in [2.75, 3.05) is 26.2 Å². The number of hydrogen-bond donors (Lipinski definition) is 1. The maximum atomic E-state index is 13.7. The van der Waals surface area contributed by atoms with Crippen LogP contribution < -0.4 is 5.73 Å². The summed E-state index contributed by atoms with van der Waals surface area (Å²) in [5, 5.41) is 0.0343. The molecule has 0 bridgehead atoms. The Morgan fingerprint density at radius 2 is 1.63 bits per heavy atom. The summed E-state index contributed by atoms with van der Waals surface area (Å²) in [5.74, 6) is -1.42. The molecule has 0 aromatic heterocycles. The van der Waals surface area contributed by atoms with Crippen LogP contribution >= 0.6 is 23.2 Å². The monoisotopic (exact) mass is 409 g/mol. The third kappa shape index (κ3) is 4.58. The molecule has 1 saturated heterocycles. The highest BCUT2D eigenvalue weighted by atomic mass is 35.5. The zero-order valence-electron chi connectivity index (χ0n) is 14.4. The summed E-state index contributed by atoms with van der Waals surface area (Å²) in [6.07, 6.45) is 0. The van der Waals surface area contributed by atoms with Gasteiger partial charge in [-0.15, -0.1) is 0 Å². The maximum Gasteiger partial charge on any atom is 0.255 e. The lowest BCUT2D eigenvalue weighted by atomic mass is 10.1. The van der Waals surface area contributed by atoms with Gasteiger partial charge in [-0.3, -0.25) is 14.5 Å². The van der Waals surface area contributed by atoms with Gasteiger partial charge in [0.05, 0.1) is 15.6 Å². The van der Waals surface area contributed by atoms with Crippen molar-refractivity contribution in [3.8, 4) is 0 Å². The normalized spacial score (nSPS) is 15.0. The minimum atomic E-state index is -0.664. The number of nitrogens with zero attached hydrogens (tertiary/aromatic N) is 2. The summed E-state index contributed by atoms with van der Waals surface area (Å²) in [6.45, 7) is 3.09. The number of piperazine rings is 1. The summed E-state index contributed by atoms with van der Waals surface area (Å²) in [4.78, 5) is 27.6. The van der Waals surface area contributed by atoms with Gasteiger partial charge < -0.3 is 10.6 Å². The first-order valence-corrected chi connectivity index (χ1v) is 9.15. The van der Waals surface area contributed by atoms with Crippen molar-refractivity contribution in [1.29, 1.82) is 0 Å². The van der Waals surface area contributed by atoms with Crippen LogP contribution in [-0.4, -0.2) is 47.8 Å². The molecule has 0 atom stereocenters. The van der Waals surface area contributed by atoms with Crippen molar-refractivity contribution >= 4 is 35.0 Å². The van der Waals surface area contributed by atoms with Gasteiger partial charge in [-0.25, -0.2) is 4.39 Å². The second-order valence-electron chi connectivity index (χ2n) is 6.38. The summed E-state index contributed by atoms with van der Waals surface area (Å²) >= 11 is 11.7. The average molecular weight is 410 g/mol. The fourth-order valence-electron chi connectivity index (χ4n) is 3.00. The van der Waals surface area contributed by atoms with Crippen LogP contribution in [0, 0.1) is 5.82 Å². The molecule has 0 unspecified atom stereocenters. The summed E-state index contributed by atoms with van der Waals surface area (Å²) in [6, 6.07) is 9.47. The molecule has 1 aliphatic heterocycles. The third-order valence-electron chi connectivity index (χ3n) is 4.54. The summed E-state index contributed by atoms with van der Waals surface area (Å²) < 4.78 is 13.7. The first kappa shape index (κ1) is 19.6. The molecule has 2 N–H and O–H groups in total. The van der Waals surface area contributed by atoms with E-state index in [4.69, 9.17) is 28.9 Å². The Bertz CT molecular complexity index is 866. The molecule has 142 valence electrons. The predicted molar refractivity (Wildman–Crippen MR) is 103 cm³/mol. The molecule has 1 heterocycles. The molecular weight excluding hydrogens is 392 g/mol. The molecule has 0 aliphatic carbocycles. The van der Waals surface area contributed by atoms with Crippen molar-refractivity contribution < 1.29 is 14.0 Å². The van der Waals surface area contributed by atoms with Crippen LogP contribution in [0.3, 0.4) is 0 Å². The van der Waals surface area contributed by atoms with E-state index >= 15 is 0 Å². The van der Waals surface area contributed by atoms with Crippen molar-refractivity contribution in [2.45, 2.75) is 6.54 Å². The van der Waals surface area contributed by atoms with Crippen LogP contribution in [0.1, 0.15) is 26.3 Å². The van der Waals surface area contributed by atoms with Crippen molar-refractivity contribution in [3.63, 3.8) is 0 Å². The van der Waals surface area contributed by atoms with Gasteiger partial charge in [0.2, 0.25) is 5.91 Å². The van der Waals surface area contributed by atoms with Crippen LogP contribution in [0.25, 0.3) is 0 Å². The lowest BCUT2D eigenvalue weighted by molar-refractivity contribution is 0.0628. The number of benzene rings is 2. The van der Waals surface area contributed by atoms with Crippen LogP contribution in [-0.2, 0) is 6.54 Å². The number of amides is 2. The molecule has 0 radical (unpaired) electrons. The fourth-order valence-corrected chi connectivity index (χ4v) is 3.46. The second-order valence-corrected chi connectivity index (χ2v) is 7.19. The first-order chi connectivity index (χ1) is 12.8. The molecule has 1 fully saturated rings. The standard InChI is InChI=1S/C19H18Cl2FN3O2/c20-15-10-16(21)17(22)9-14(15)19(27)25-7-5-24(6-8-25)11-12-1-3-13(4-2-12)18(23)26/h1-4,9-10H,5-8,11H2,(H2,23,26). The highest BCUT2D eigenvalue weighted by molar-refractivity contribution is 6.36. The van der Waals surface area contributed by atoms with Gasteiger partial charge in [-0.1, -0.05) is 35.3 Å². The van der Waals surface area contributed by atoms with E-state index in [1.54, 1.807) is 17.0 Å². The lowest BCUT2D eigenvalue weighted by Gasteiger charge is -2.35. The topological polar surface area (TPSA) is 66.6 Å². The average Bonchev–Trinajstić information content (AvgIpc) is 2.65. The van der Waals surface area contributed by atoms with Crippen molar-refractivity contribution in [1.82, 2.24) is 9.80 Å². The smallest absolute Gasteiger partial charge is 0.255 e. The molecule has 2 amide bonds. The molecule has 3 rings (SSSR count). The zero-order chi connectivity index (χ0) is 19.6. The number of rotatable bonds is 4. The number of nitrogens with two attached hydrogens (primary N) is 1. The minimum Gasteiger partial charge on any atom is -0.366 e. The Morgan fingerprint density at radius 1 is 1.00 bits per heavy atom. The molecule has 27 heavy (non-hydrogen) atoms. The molecule has 5 nitrogen and oxygen atoms in total. The predicted octanol–water partition coefficient (Wildman–Crippen LogP) is 3.19. The highest BCUT2D eigenvalue weighted by Gasteiger charge is 2.24. The Balaban J connectivity index is 1.59. The Morgan fingerprint density at radius 3 is 2.22 bits per heavy atom. The van der Waals surface area contributed by atoms with E-state index in [9.17, 15) is 14.0 Å². The number of carbonyl (C=O) groups excluding carboxylic acids is 2. The van der Waals surface area contributed by atoms with E-state index in [-0.39, 0.29) is 21.5 Å². The molecule has 2 aromatic rings. The van der Waals surface area contributed by atoms with Gasteiger partial charge in [-0.05, 0) is 29.8 Å². The SMILES string of the molecule is NC(=O)c1ccc(CN2CCN(C(=O)c3cc(F)c(Cl)cc3Cl)CC2)cc1. The van der Waals surface area contributed by atoms with Gasteiger partial charge in [0, 0.05) is 38.3 Å². The Hall–Kier alpha value is -2.15. The quantitative estimate of drug-likeness (QED) is 0.788. The van der Waals surface area contributed by atoms with E-state index in [0.29, 0.717) is 38.3 Å². The number of carbonyl (C=O) groups is 2. The molecule has 0 spiro atoms. The number of halogens is 3. The molecule has 0 saturated carbocycles.